The van der Waals surface area contributed by atoms with Gasteiger partial charge in [-0.2, -0.15) is 4.31 Å². The first-order chi connectivity index (χ1) is 10.9. The van der Waals surface area contributed by atoms with E-state index in [0.29, 0.717) is 35.4 Å². The number of anilines is 1. The van der Waals surface area contributed by atoms with Crippen LogP contribution in [0.3, 0.4) is 0 Å². The molecule has 1 saturated heterocycles. The molecule has 1 fully saturated rings. The Balaban J connectivity index is 1.75. The van der Waals surface area contributed by atoms with Crippen molar-refractivity contribution in [3.63, 3.8) is 0 Å². The second kappa shape index (κ2) is 6.72. The van der Waals surface area contributed by atoms with Crippen LogP contribution in [0.25, 0.3) is 0 Å². The normalized spacial score (nSPS) is 16.7. The van der Waals surface area contributed by atoms with Gasteiger partial charge in [0, 0.05) is 36.9 Å². The fraction of sp³-hybridized carbons (Fsp3) is 0.333. The van der Waals surface area contributed by atoms with Crippen LogP contribution < -0.4 is 4.90 Å². The molecule has 1 aromatic carbocycles. The van der Waals surface area contributed by atoms with Crippen molar-refractivity contribution >= 4 is 54.6 Å². The third-order valence-electron chi connectivity index (χ3n) is 3.89. The van der Waals surface area contributed by atoms with Crippen molar-refractivity contribution in [1.82, 2.24) is 4.31 Å². The minimum atomic E-state index is -3.40. The number of sulfonamides is 1. The van der Waals surface area contributed by atoms with E-state index < -0.39 is 10.0 Å². The maximum Gasteiger partial charge on any atom is 0.252 e. The van der Waals surface area contributed by atoms with Crippen molar-refractivity contribution in [1.29, 1.82) is 0 Å². The lowest BCUT2D eigenvalue weighted by Gasteiger charge is -2.36. The molecule has 1 aromatic heterocycles. The highest BCUT2D eigenvalue weighted by molar-refractivity contribution is 9.11. The Kier molecular flexibility index (Phi) is 5.04. The highest BCUT2D eigenvalue weighted by atomic mass is 79.9. The van der Waals surface area contributed by atoms with Gasteiger partial charge >= 0.3 is 0 Å². The minimum Gasteiger partial charge on any atom is -0.369 e. The summed E-state index contributed by atoms with van der Waals surface area (Å²) >= 11 is 10.6. The number of aryl methyl sites for hydroxylation is 1. The molecule has 0 atom stereocenters. The summed E-state index contributed by atoms with van der Waals surface area (Å²) in [6, 6.07) is 9.22. The molecule has 0 spiro atoms. The quantitative estimate of drug-likeness (QED) is 0.732. The molecule has 23 heavy (non-hydrogen) atoms. The van der Waals surface area contributed by atoms with Gasteiger partial charge in [-0.05, 0) is 52.7 Å². The van der Waals surface area contributed by atoms with Gasteiger partial charge in [-0.1, -0.05) is 17.7 Å². The molecule has 0 aliphatic carbocycles. The fourth-order valence-corrected chi connectivity index (χ4v) is 6.41. The van der Waals surface area contributed by atoms with E-state index in [-0.39, 0.29) is 0 Å². The third kappa shape index (κ3) is 3.58. The molecule has 1 aliphatic rings. The molecule has 0 amide bonds. The maximum absolute atomic E-state index is 12.6. The van der Waals surface area contributed by atoms with Gasteiger partial charge in [0.1, 0.15) is 4.21 Å². The number of halogens is 2. The van der Waals surface area contributed by atoms with Crippen LogP contribution in [0, 0.1) is 6.92 Å². The van der Waals surface area contributed by atoms with E-state index in [1.54, 1.807) is 16.4 Å². The van der Waals surface area contributed by atoms with E-state index in [1.807, 2.05) is 25.1 Å². The summed E-state index contributed by atoms with van der Waals surface area (Å²) < 4.78 is 28.0. The van der Waals surface area contributed by atoms with E-state index in [4.69, 9.17) is 11.6 Å². The molecule has 0 radical (unpaired) electrons. The van der Waals surface area contributed by atoms with E-state index in [9.17, 15) is 8.42 Å². The predicted octanol–water partition coefficient (Wildman–Crippen LogP) is 3.98. The molecular formula is C15H16BrClN2O2S2. The molecular weight excluding hydrogens is 420 g/mol. The van der Waals surface area contributed by atoms with E-state index in [0.717, 1.165) is 15.0 Å². The SMILES string of the molecule is Cc1ccc(Cl)cc1N1CCN(S(=O)(=O)c2ccc(Br)s2)CC1. The smallest absolute Gasteiger partial charge is 0.252 e. The Hall–Kier alpha value is -0.600. The van der Waals surface area contributed by atoms with Crippen molar-refractivity contribution in [2.24, 2.45) is 0 Å². The molecule has 0 bridgehead atoms. The second-order valence-corrected chi connectivity index (χ2v) is 10.4. The van der Waals surface area contributed by atoms with Crippen LogP contribution in [0.1, 0.15) is 5.56 Å². The van der Waals surface area contributed by atoms with E-state index >= 15 is 0 Å². The van der Waals surface area contributed by atoms with Crippen molar-refractivity contribution in [3.05, 3.63) is 44.7 Å². The third-order valence-corrected chi connectivity index (χ3v) is 8.12. The Bertz CT molecular complexity index is 815. The lowest BCUT2D eigenvalue weighted by Crippen LogP contribution is -2.48. The van der Waals surface area contributed by atoms with Crippen LogP contribution in [0.15, 0.2) is 38.3 Å². The molecule has 8 heteroatoms. The van der Waals surface area contributed by atoms with Crippen LogP contribution in [0.5, 0.6) is 0 Å². The van der Waals surface area contributed by atoms with Crippen LogP contribution in [-0.4, -0.2) is 38.9 Å². The van der Waals surface area contributed by atoms with Crippen LogP contribution in [0.4, 0.5) is 5.69 Å². The summed E-state index contributed by atoms with van der Waals surface area (Å²) in [5.74, 6) is 0. The minimum absolute atomic E-state index is 0.386. The second-order valence-electron chi connectivity index (χ2n) is 5.38. The first kappa shape index (κ1) is 17.2. The molecule has 0 N–H and O–H groups in total. The number of benzene rings is 1. The highest BCUT2D eigenvalue weighted by Gasteiger charge is 2.30. The van der Waals surface area contributed by atoms with Crippen LogP contribution >= 0.6 is 38.9 Å². The van der Waals surface area contributed by atoms with Gasteiger partial charge in [-0.25, -0.2) is 8.42 Å². The lowest BCUT2D eigenvalue weighted by molar-refractivity contribution is 0.385. The molecule has 2 heterocycles. The van der Waals surface area contributed by atoms with Crippen molar-refractivity contribution in [2.45, 2.75) is 11.1 Å². The van der Waals surface area contributed by atoms with Gasteiger partial charge in [0.05, 0.1) is 3.79 Å². The average molecular weight is 436 g/mol. The predicted molar refractivity (Wildman–Crippen MR) is 99.2 cm³/mol. The van der Waals surface area contributed by atoms with Gasteiger partial charge < -0.3 is 4.90 Å². The van der Waals surface area contributed by atoms with Gasteiger partial charge in [0.25, 0.3) is 10.0 Å². The molecule has 2 aromatic rings. The van der Waals surface area contributed by atoms with Crippen LogP contribution in [0.2, 0.25) is 5.02 Å². The Morgan fingerprint density at radius 3 is 2.43 bits per heavy atom. The summed E-state index contributed by atoms with van der Waals surface area (Å²) in [7, 11) is -3.40. The van der Waals surface area contributed by atoms with Gasteiger partial charge in [-0.15, -0.1) is 11.3 Å². The van der Waals surface area contributed by atoms with Crippen molar-refractivity contribution in [3.8, 4) is 0 Å². The Morgan fingerprint density at radius 2 is 1.83 bits per heavy atom. The number of hydrogen-bond donors (Lipinski definition) is 0. The standard InChI is InChI=1S/C15H16BrClN2O2S2/c1-11-2-3-12(17)10-13(11)18-6-8-19(9-7-18)23(20,21)15-5-4-14(16)22-15/h2-5,10H,6-9H2,1H3. The monoisotopic (exact) mass is 434 g/mol. The Morgan fingerprint density at radius 1 is 1.13 bits per heavy atom. The van der Waals surface area contributed by atoms with Crippen LogP contribution in [-0.2, 0) is 10.0 Å². The molecule has 0 saturated carbocycles. The molecule has 1 aliphatic heterocycles. The first-order valence-corrected chi connectivity index (χ1v) is 10.6. The molecule has 3 rings (SSSR count). The largest absolute Gasteiger partial charge is 0.369 e. The summed E-state index contributed by atoms with van der Waals surface area (Å²) in [5, 5.41) is 0.698. The fourth-order valence-electron chi connectivity index (χ4n) is 2.66. The average Bonchev–Trinajstić information content (AvgIpc) is 2.97. The van der Waals surface area contributed by atoms with Gasteiger partial charge in [-0.3, -0.25) is 0 Å². The van der Waals surface area contributed by atoms with Gasteiger partial charge in [0.2, 0.25) is 0 Å². The summed E-state index contributed by atoms with van der Waals surface area (Å²) in [6.07, 6.45) is 0. The lowest BCUT2D eigenvalue weighted by atomic mass is 10.1. The number of hydrogen-bond acceptors (Lipinski definition) is 4. The zero-order valence-corrected chi connectivity index (χ0v) is 16.5. The number of thiophene rings is 1. The summed E-state index contributed by atoms with van der Waals surface area (Å²) in [5.41, 5.74) is 2.22. The zero-order valence-electron chi connectivity index (χ0n) is 12.5. The zero-order chi connectivity index (χ0) is 16.6. The number of piperazine rings is 1. The van der Waals surface area contributed by atoms with Gasteiger partial charge in [0.15, 0.2) is 0 Å². The Labute approximate surface area is 153 Å². The molecule has 0 unspecified atom stereocenters. The van der Waals surface area contributed by atoms with Crippen molar-refractivity contribution in [2.75, 3.05) is 31.1 Å². The number of rotatable bonds is 3. The summed E-state index contributed by atoms with van der Waals surface area (Å²) in [4.78, 5) is 2.19. The summed E-state index contributed by atoms with van der Waals surface area (Å²) in [6.45, 7) is 4.31. The van der Waals surface area contributed by atoms with E-state index in [2.05, 4.69) is 20.8 Å². The maximum atomic E-state index is 12.6. The highest BCUT2D eigenvalue weighted by Crippen LogP contribution is 2.30. The topological polar surface area (TPSA) is 40.6 Å². The molecule has 124 valence electrons. The van der Waals surface area contributed by atoms with Crippen molar-refractivity contribution < 1.29 is 8.42 Å². The van der Waals surface area contributed by atoms with E-state index in [1.165, 1.54) is 11.3 Å². The first-order valence-electron chi connectivity index (χ1n) is 7.14. The molecule has 4 nitrogen and oxygen atoms in total. The number of nitrogens with zero attached hydrogens (tertiary/aromatic N) is 2.